The quantitative estimate of drug-likeness (QED) is 0.560. The highest BCUT2D eigenvalue weighted by molar-refractivity contribution is 6.52. The predicted octanol–water partition coefficient (Wildman–Crippen LogP) is 4.64. The summed E-state index contributed by atoms with van der Waals surface area (Å²) in [6.07, 6.45) is 0. The molecule has 0 aromatic heterocycles. The van der Waals surface area contributed by atoms with E-state index in [9.17, 15) is 20.1 Å². The van der Waals surface area contributed by atoms with E-state index in [2.05, 4.69) is 6.58 Å². The summed E-state index contributed by atoms with van der Waals surface area (Å²) in [6.45, 7) is 17.9. The SMILES string of the molecule is C=C(C)/C(C)=c1/cc(O)/c(=C2\C(=O)C(c3c(O)cc(C(C)(C)C)cc3OCC)=C2O)c(OCC)c1. The molecule has 0 spiro atoms. The van der Waals surface area contributed by atoms with Gasteiger partial charge in [-0.2, -0.15) is 0 Å². The minimum Gasteiger partial charge on any atom is -0.507 e. The zero-order valence-corrected chi connectivity index (χ0v) is 21.5. The lowest BCUT2D eigenvalue weighted by atomic mass is 9.79. The molecule has 1 aliphatic rings. The number of benzene rings is 2. The molecule has 0 atom stereocenters. The second kappa shape index (κ2) is 9.53. The number of phenolic OH excluding ortho intramolecular Hbond substituents is 2. The summed E-state index contributed by atoms with van der Waals surface area (Å²) >= 11 is 0. The number of phenols is 2. The van der Waals surface area contributed by atoms with Crippen LogP contribution in [0, 0.1) is 0 Å². The van der Waals surface area contributed by atoms with E-state index in [1.54, 1.807) is 32.0 Å². The van der Waals surface area contributed by atoms with Gasteiger partial charge in [0.15, 0.2) is 0 Å². The minimum atomic E-state index is -0.521. The number of aliphatic hydroxyl groups is 1. The van der Waals surface area contributed by atoms with Crippen LogP contribution in [-0.2, 0) is 10.2 Å². The smallest absolute Gasteiger partial charge is 0.202 e. The monoisotopic (exact) mass is 478 g/mol. The van der Waals surface area contributed by atoms with Gasteiger partial charge in [0.2, 0.25) is 5.78 Å². The number of rotatable bonds is 6. The number of aliphatic hydroxyl groups excluding tert-OH is 1. The molecule has 1 aliphatic carbocycles. The van der Waals surface area contributed by atoms with Crippen LogP contribution >= 0.6 is 0 Å². The van der Waals surface area contributed by atoms with Crippen LogP contribution in [0.1, 0.15) is 59.6 Å². The van der Waals surface area contributed by atoms with Gasteiger partial charge in [-0.25, -0.2) is 0 Å². The summed E-state index contributed by atoms with van der Waals surface area (Å²) in [4.78, 5) is 13.4. The van der Waals surface area contributed by atoms with Crippen LogP contribution in [0.4, 0.5) is 0 Å². The van der Waals surface area contributed by atoms with E-state index in [1.165, 1.54) is 6.07 Å². The number of ketones is 1. The van der Waals surface area contributed by atoms with Crippen LogP contribution in [0.5, 0.6) is 23.0 Å². The van der Waals surface area contributed by atoms with Gasteiger partial charge in [-0.05, 0) is 73.7 Å². The van der Waals surface area contributed by atoms with Gasteiger partial charge in [0.1, 0.15) is 28.8 Å². The van der Waals surface area contributed by atoms with Gasteiger partial charge in [0.05, 0.1) is 35.1 Å². The normalized spacial score (nSPS) is 16.1. The van der Waals surface area contributed by atoms with Crippen molar-refractivity contribution in [1.29, 1.82) is 0 Å². The van der Waals surface area contributed by atoms with Crippen molar-refractivity contribution in [2.45, 2.75) is 53.9 Å². The van der Waals surface area contributed by atoms with E-state index in [-0.39, 0.29) is 50.4 Å². The summed E-state index contributed by atoms with van der Waals surface area (Å²) < 4.78 is 11.5. The van der Waals surface area contributed by atoms with Gasteiger partial charge in [-0.15, -0.1) is 0 Å². The number of ether oxygens (including phenoxy) is 2. The molecule has 2 aromatic carbocycles. The first-order valence-electron chi connectivity index (χ1n) is 11.7. The maximum absolute atomic E-state index is 13.4. The molecule has 2 aromatic rings. The van der Waals surface area contributed by atoms with Crippen molar-refractivity contribution in [3.63, 3.8) is 0 Å². The number of carbonyl (C=O) groups is 1. The maximum Gasteiger partial charge on any atom is 0.202 e. The molecule has 3 N–H and O–H groups in total. The van der Waals surface area contributed by atoms with Gasteiger partial charge < -0.3 is 24.8 Å². The lowest BCUT2D eigenvalue weighted by Gasteiger charge is -2.27. The van der Waals surface area contributed by atoms with Gasteiger partial charge in [-0.1, -0.05) is 32.9 Å². The second-order valence-corrected chi connectivity index (χ2v) is 9.69. The number of allylic oxidation sites excluding steroid dienone is 3. The van der Waals surface area contributed by atoms with E-state index in [1.807, 2.05) is 34.6 Å². The third kappa shape index (κ3) is 4.65. The standard InChI is InChI=1S/C29H34O6/c1-9-34-21-12-17(16(5)15(3)4)11-19(30)23(21)25-27(32)26(28(25)33)24-20(31)13-18(29(6,7)8)14-22(24)35-10-2/h11-14,30-32H,3,9-10H2,1-2,4-8H3/b17-16-,25-23+. The molecule has 0 radical (unpaired) electrons. The Morgan fingerprint density at radius 3 is 2.00 bits per heavy atom. The van der Waals surface area contributed by atoms with Crippen molar-refractivity contribution in [2.24, 2.45) is 0 Å². The maximum atomic E-state index is 13.4. The summed E-state index contributed by atoms with van der Waals surface area (Å²) in [7, 11) is 0. The fraction of sp³-hybridized carbons (Fsp3) is 0.345. The lowest BCUT2D eigenvalue weighted by molar-refractivity contribution is -0.110. The van der Waals surface area contributed by atoms with Crippen molar-refractivity contribution >= 4 is 22.5 Å². The second-order valence-electron chi connectivity index (χ2n) is 9.69. The number of hydrogen-bond donors (Lipinski definition) is 3. The molecule has 0 saturated carbocycles. The predicted molar refractivity (Wildman–Crippen MR) is 138 cm³/mol. The van der Waals surface area contributed by atoms with Gasteiger partial charge in [0.25, 0.3) is 0 Å². The van der Waals surface area contributed by atoms with Crippen LogP contribution < -0.4 is 19.9 Å². The molecule has 0 saturated heterocycles. The van der Waals surface area contributed by atoms with Crippen LogP contribution in [0.25, 0.3) is 16.7 Å². The van der Waals surface area contributed by atoms with Crippen LogP contribution in [-0.4, -0.2) is 34.3 Å². The zero-order chi connectivity index (χ0) is 26.2. The van der Waals surface area contributed by atoms with Gasteiger partial charge in [-0.3, -0.25) is 4.79 Å². The topological polar surface area (TPSA) is 96.2 Å². The molecule has 186 valence electrons. The third-order valence-electron chi connectivity index (χ3n) is 6.13. The first kappa shape index (κ1) is 25.9. The molecular formula is C29H34O6. The highest BCUT2D eigenvalue weighted by atomic mass is 16.5. The Hall–Kier alpha value is -3.67. The summed E-state index contributed by atoms with van der Waals surface area (Å²) in [5.41, 5.74) is 2.26. The van der Waals surface area contributed by atoms with E-state index >= 15 is 0 Å². The molecular weight excluding hydrogens is 444 g/mol. The molecule has 6 nitrogen and oxygen atoms in total. The van der Waals surface area contributed by atoms with E-state index in [0.29, 0.717) is 24.2 Å². The van der Waals surface area contributed by atoms with Gasteiger partial charge in [0, 0.05) is 0 Å². The first-order valence-corrected chi connectivity index (χ1v) is 11.7. The lowest BCUT2D eigenvalue weighted by Crippen LogP contribution is -2.29. The van der Waals surface area contributed by atoms with Gasteiger partial charge >= 0.3 is 0 Å². The molecule has 6 heteroatoms. The van der Waals surface area contributed by atoms with Crippen molar-refractivity contribution in [2.75, 3.05) is 13.2 Å². The van der Waals surface area contributed by atoms with Crippen molar-refractivity contribution in [1.82, 2.24) is 0 Å². The minimum absolute atomic E-state index is 0.0583. The van der Waals surface area contributed by atoms with Crippen LogP contribution in [0.3, 0.4) is 0 Å². The van der Waals surface area contributed by atoms with Crippen LogP contribution in [0.2, 0.25) is 0 Å². The third-order valence-corrected chi connectivity index (χ3v) is 6.13. The Labute approximate surface area is 206 Å². The molecule has 0 bridgehead atoms. The average Bonchev–Trinajstić information content (AvgIpc) is 2.76. The average molecular weight is 479 g/mol. The highest BCUT2D eigenvalue weighted by Crippen LogP contribution is 2.46. The van der Waals surface area contributed by atoms with Crippen molar-refractivity contribution < 1.29 is 29.6 Å². The van der Waals surface area contributed by atoms with Crippen molar-refractivity contribution in [3.8, 4) is 23.0 Å². The molecule has 0 unspecified atom stereocenters. The number of aromatic hydroxyl groups is 2. The van der Waals surface area contributed by atoms with E-state index in [4.69, 9.17) is 9.47 Å². The Morgan fingerprint density at radius 2 is 1.49 bits per heavy atom. The van der Waals surface area contributed by atoms with E-state index in [0.717, 1.165) is 16.7 Å². The Bertz CT molecular complexity index is 1370. The fourth-order valence-corrected chi connectivity index (χ4v) is 4.01. The summed E-state index contributed by atoms with van der Waals surface area (Å²) in [5.74, 6) is -0.632. The number of Topliss-reactive ketones (excluding diaryl/α,β-unsaturated/α-hetero) is 1. The summed E-state index contributed by atoms with van der Waals surface area (Å²) in [6, 6.07) is 6.60. The molecule has 3 rings (SSSR count). The van der Waals surface area contributed by atoms with Crippen LogP contribution in [0.15, 0.2) is 42.2 Å². The fourth-order valence-electron chi connectivity index (χ4n) is 4.01. The number of hydrogen-bond acceptors (Lipinski definition) is 6. The molecule has 0 amide bonds. The molecule has 0 fully saturated rings. The Balaban J connectivity index is 2.35. The van der Waals surface area contributed by atoms with Crippen molar-refractivity contribution in [3.05, 3.63) is 63.7 Å². The summed E-state index contributed by atoms with van der Waals surface area (Å²) in [5, 5.41) is 33.6. The Morgan fingerprint density at radius 1 is 0.886 bits per heavy atom. The largest absolute Gasteiger partial charge is 0.507 e. The highest BCUT2D eigenvalue weighted by Gasteiger charge is 2.40. The first-order chi connectivity index (χ1) is 16.3. The molecule has 35 heavy (non-hydrogen) atoms. The molecule has 0 heterocycles. The van der Waals surface area contributed by atoms with E-state index < -0.39 is 5.78 Å². The zero-order valence-electron chi connectivity index (χ0n) is 21.5. The Kier molecular flexibility index (Phi) is 7.06. The number of carbonyl (C=O) groups excluding carboxylic acids is 1. The molecule has 0 aliphatic heterocycles.